The van der Waals surface area contributed by atoms with E-state index in [9.17, 15) is 14.4 Å². The van der Waals surface area contributed by atoms with E-state index in [1.54, 1.807) is 0 Å². The number of rotatable bonds is 6. The van der Waals surface area contributed by atoms with Gasteiger partial charge in [0.25, 0.3) is 5.91 Å². The first kappa shape index (κ1) is 18.4. The number of hydrogen-bond donors (Lipinski definition) is 4. The van der Waals surface area contributed by atoms with Gasteiger partial charge in [0.05, 0.1) is 11.8 Å². The topological polar surface area (TPSA) is 137 Å². The Hall–Kier alpha value is -1.64. The van der Waals surface area contributed by atoms with Crippen molar-refractivity contribution in [2.24, 2.45) is 0 Å². The molecule has 0 aliphatic heterocycles. The fourth-order valence-corrected chi connectivity index (χ4v) is 1.32. The molecule has 1 aromatic rings. The second-order valence-corrected chi connectivity index (χ2v) is 3.73. The standard InChI is InChI=1S/C11H12N2O6.Na/c14-7-3-6(4-12-5-7)10(17)13-8(11(18)19)1-2-9(15)16;/h3-5,8,14H,1-2H2,(H,13,17)(H,15,16)(H,18,19);/q;+1. The number of aliphatic carboxylic acids is 2. The molecule has 102 valence electrons. The van der Waals surface area contributed by atoms with Crippen LogP contribution in [0.5, 0.6) is 5.75 Å². The Kier molecular flexibility index (Phi) is 7.82. The fourth-order valence-electron chi connectivity index (χ4n) is 1.32. The molecule has 0 saturated heterocycles. The van der Waals surface area contributed by atoms with Gasteiger partial charge in [-0.3, -0.25) is 14.6 Å². The molecule has 1 aromatic heterocycles. The Balaban J connectivity index is 0.00000361. The third kappa shape index (κ3) is 6.00. The molecule has 0 aliphatic rings. The zero-order chi connectivity index (χ0) is 14.4. The Labute approximate surface area is 136 Å². The van der Waals surface area contributed by atoms with Crippen molar-refractivity contribution >= 4 is 17.8 Å². The van der Waals surface area contributed by atoms with Crippen LogP contribution in [0.2, 0.25) is 0 Å². The number of carbonyl (C=O) groups is 3. The molecule has 1 atom stereocenters. The summed E-state index contributed by atoms with van der Waals surface area (Å²) in [5.41, 5.74) is -0.0124. The van der Waals surface area contributed by atoms with E-state index < -0.39 is 23.9 Å². The van der Waals surface area contributed by atoms with Crippen molar-refractivity contribution < 1.29 is 59.3 Å². The van der Waals surface area contributed by atoms with Crippen LogP contribution in [0.25, 0.3) is 0 Å². The Morgan fingerprint density at radius 2 is 1.90 bits per heavy atom. The molecule has 1 amide bonds. The summed E-state index contributed by atoms with van der Waals surface area (Å²) in [6, 6.07) is -0.190. The maximum atomic E-state index is 11.7. The summed E-state index contributed by atoms with van der Waals surface area (Å²) in [6.45, 7) is 0. The average Bonchev–Trinajstić information content (AvgIpc) is 2.33. The van der Waals surface area contributed by atoms with E-state index in [1.165, 1.54) is 0 Å². The van der Waals surface area contributed by atoms with Gasteiger partial charge in [-0.25, -0.2) is 4.79 Å². The number of nitrogens with one attached hydrogen (secondary N) is 1. The zero-order valence-electron chi connectivity index (χ0n) is 10.7. The molecule has 4 N–H and O–H groups in total. The third-order valence-corrected chi connectivity index (χ3v) is 2.24. The first-order valence-electron chi connectivity index (χ1n) is 5.29. The number of aromatic nitrogens is 1. The molecule has 0 aliphatic carbocycles. The Morgan fingerprint density at radius 3 is 2.40 bits per heavy atom. The van der Waals surface area contributed by atoms with Crippen molar-refractivity contribution in [2.75, 3.05) is 0 Å². The van der Waals surface area contributed by atoms with Crippen LogP contribution in [0, 0.1) is 0 Å². The van der Waals surface area contributed by atoms with Gasteiger partial charge < -0.3 is 20.6 Å². The SMILES string of the molecule is O=C(O)CCC(NC(=O)c1cncc(O)c1)C(=O)O.[Na+]. The van der Waals surface area contributed by atoms with Crippen molar-refractivity contribution in [1.29, 1.82) is 0 Å². The van der Waals surface area contributed by atoms with E-state index in [-0.39, 0.29) is 53.7 Å². The Bertz CT molecular complexity index is 507. The second kappa shape index (κ2) is 8.51. The minimum atomic E-state index is -1.33. The van der Waals surface area contributed by atoms with Crippen LogP contribution in [0.15, 0.2) is 18.5 Å². The molecule has 0 radical (unpaired) electrons. The van der Waals surface area contributed by atoms with E-state index in [4.69, 9.17) is 15.3 Å². The van der Waals surface area contributed by atoms with Crippen LogP contribution in [-0.4, -0.2) is 44.2 Å². The number of nitrogens with zero attached hydrogens (tertiary/aromatic N) is 1. The summed E-state index contributed by atoms with van der Waals surface area (Å²) in [5.74, 6) is -3.46. The average molecular weight is 291 g/mol. The fraction of sp³-hybridized carbons (Fsp3) is 0.273. The van der Waals surface area contributed by atoms with E-state index in [2.05, 4.69) is 10.3 Å². The van der Waals surface area contributed by atoms with Crippen molar-refractivity contribution in [2.45, 2.75) is 18.9 Å². The van der Waals surface area contributed by atoms with Crippen LogP contribution in [0.4, 0.5) is 0 Å². The van der Waals surface area contributed by atoms with Crippen molar-refractivity contribution in [3.8, 4) is 5.75 Å². The van der Waals surface area contributed by atoms with Crippen molar-refractivity contribution in [3.05, 3.63) is 24.0 Å². The van der Waals surface area contributed by atoms with Gasteiger partial charge in [-0.2, -0.15) is 0 Å². The van der Waals surface area contributed by atoms with Gasteiger partial charge in [-0.15, -0.1) is 0 Å². The number of hydrogen-bond acceptors (Lipinski definition) is 5. The van der Waals surface area contributed by atoms with Gasteiger partial charge in [0, 0.05) is 12.6 Å². The van der Waals surface area contributed by atoms with Gasteiger partial charge in [-0.05, 0) is 12.5 Å². The molecule has 8 nitrogen and oxygen atoms in total. The van der Waals surface area contributed by atoms with Crippen LogP contribution >= 0.6 is 0 Å². The molecule has 1 heterocycles. The number of amides is 1. The molecular weight excluding hydrogens is 279 g/mol. The Morgan fingerprint density at radius 1 is 1.25 bits per heavy atom. The summed E-state index contributed by atoms with van der Waals surface area (Å²) in [5, 5.41) is 28.7. The minimum absolute atomic E-state index is 0. The molecule has 0 spiro atoms. The second-order valence-electron chi connectivity index (χ2n) is 3.73. The number of carboxylic acids is 2. The molecular formula is C11H12N2NaO6+. The number of carbonyl (C=O) groups excluding carboxylic acids is 1. The summed E-state index contributed by atoms with van der Waals surface area (Å²) >= 11 is 0. The summed E-state index contributed by atoms with van der Waals surface area (Å²) < 4.78 is 0. The number of carboxylic acid groups (broad SMARTS) is 2. The molecule has 0 aromatic carbocycles. The van der Waals surface area contributed by atoms with Crippen LogP contribution in [-0.2, 0) is 9.59 Å². The first-order valence-corrected chi connectivity index (χ1v) is 5.29. The predicted molar refractivity (Wildman–Crippen MR) is 61.7 cm³/mol. The normalized spacial score (nSPS) is 11.0. The van der Waals surface area contributed by atoms with Crippen molar-refractivity contribution in [1.82, 2.24) is 10.3 Å². The maximum absolute atomic E-state index is 11.7. The zero-order valence-corrected chi connectivity index (χ0v) is 12.7. The van der Waals surface area contributed by atoms with E-state index in [0.717, 1.165) is 18.5 Å². The van der Waals surface area contributed by atoms with Crippen LogP contribution in [0.1, 0.15) is 23.2 Å². The van der Waals surface area contributed by atoms with Crippen LogP contribution in [0.3, 0.4) is 0 Å². The number of aromatic hydroxyl groups is 1. The molecule has 0 saturated carbocycles. The quantitative estimate of drug-likeness (QED) is 0.406. The largest absolute Gasteiger partial charge is 1.00 e. The monoisotopic (exact) mass is 291 g/mol. The summed E-state index contributed by atoms with van der Waals surface area (Å²) in [6.07, 6.45) is 1.67. The molecule has 20 heavy (non-hydrogen) atoms. The van der Waals surface area contributed by atoms with Crippen molar-refractivity contribution in [3.63, 3.8) is 0 Å². The van der Waals surface area contributed by atoms with Crippen LogP contribution < -0.4 is 34.9 Å². The number of pyridine rings is 1. The molecule has 1 rings (SSSR count). The van der Waals surface area contributed by atoms with E-state index >= 15 is 0 Å². The smallest absolute Gasteiger partial charge is 0.506 e. The minimum Gasteiger partial charge on any atom is -0.506 e. The third-order valence-electron chi connectivity index (χ3n) is 2.24. The molecule has 0 bridgehead atoms. The van der Waals surface area contributed by atoms with E-state index in [0.29, 0.717) is 0 Å². The van der Waals surface area contributed by atoms with Gasteiger partial charge in [0.1, 0.15) is 11.8 Å². The van der Waals surface area contributed by atoms with E-state index in [1.807, 2.05) is 0 Å². The molecule has 9 heteroatoms. The summed E-state index contributed by atoms with van der Waals surface area (Å²) in [4.78, 5) is 36.5. The summed E-state index contributed by atoms with van der Waals surface area (Å²) in [7, 11) is 0. The van der Waals surface area contributed by atoms with Gasteiger partial charge in [0.15, 0.2) is 0 Å². The van der Waals surface area contributed by atoms with Gasteiger partial charge in [0.2, 0.25) is 0 Å². The van der Waals surface area contributed by atoms with Gasteiger partial charge >= 0.3 is 41.5 Å². The molecule has 1 unspecified atom stereocenters. The first-order chi connectivity index (χ1) is 8.90. The van der Waals surface area contributed by atoms with Gasteiger partial charge in [-0.1, -0.05) is 0 Å². The predicted octanol–water partition coefficient (Wildman–Crippen LogP) is -3.16. The molecule has 0 fully saturated rings. The maximum Gasteiger partial charge on any atom is 1.00 e.